The standard InChI is InChI=1S/C21H20N2O4S.C15H14O3/c1-15-9-11-16(12-10-15)14-25-18-6-4-5-17(13-18)21(24)23-19-7-2-3-8-20(19)28-27-26-22;1-11-5-7-12(8-6-11)10-18-14-4-2-3-13(9-14)15(16)17/h2-13H,14,22H2,1H3,(H,23,24);2-9H,10H2,1H3,(H,16,17). The molecule has 5 rings (SSSR count). The van der Waals surface area contributed by atoms with Crippen LogP contribution in [0.2, 0.25) is 0 Å². The minimum absolute atomic E-state index is 0.233. The average Bonchev–Trinajstić information content (AvgIpc) is 3.08. The molecular formula is C36H34N2O7S. The van der Waals surface area contributed by atoms with Gasteiger partial charge in [-0.05, 0) is 73.5 Å². The lowest BCUT2D eigenvalue weighted by molar-refractivity contribution is -0.195. The molecule has 0 heterocycles. The molecule has 4 N–H and O–H groups in total. The zero-order valence-corrected chi connectivity index (χ0v) is 26.2. The molecule has 0 aliphatic heterocycles. The summed E-state index contributed by atoms with van der Waals surface area (Å²) in [6.07, 6.45) is 0. The number of ether oxygens (including phenoxy) is 2. The van der Waals surface area contributed by atoms with E-state index >= 15 is 0 Å². The predicted molar refractivity (Wildman–Crippen MR) is 177 cm³/mol. The summed E-state index contributed by atoms with van der Waals surface area (Å²) in [7, 11) is 0. The Morgan fingerprint density at radius 1 is 0.696 bits per heavy atom. The first-order valence-corrected chi connectivity index (χ1v) is 15.0. The van der Waals surface area contributed by atoms with Crippen LogP contribution in [0.1, 0.15) is 43.0 Å². The smallest absolute Gasteiger partial charge is 0.335 e. The van der Waals surface area contributed by atoms with Gasteiger partial charge in [0, 0.05) is 5.56 Å². The number of carboxylic acids is 1. The highest BCUT2D eigenvalue weighted by atomic mass is 32.2. The molecule has 9 nitrogen and oxygen atoms in total. The fourth-order valence-corrected chi connectivity index (χ4v) is 4.50. The van der Waals surface area contributed by atoms with Gasteiger partial charge >= 0.3 is 5.97 Å². The third-order valence-corrected chi connectivity index (χ3v) is 7.21. The molecule has 0 saturated heterocycles. The summed E-state index contributed by atoms with van der Waals surface area (Å²) >= 11 is 0.907. The van der Waals surface area contributed by atoms with E-state index in [2.05, 4.69) is 14.6 Å². The number of carboxylic acid groups (broad SMARTS) is 1. The van der Waals surface area contributed by atoms with Crippen molar-refractivity contribution in [3.8, 4) is 11.5 Å². The van der Waals surface area contributed by atoms with Crippen LogP contribution < -0.4 is 20.7 Å². The summed E-state index contributed by atoms with van der Waals surface area (Å²) < 4.78 is 16.0. The number of carbonyl (C=O) groups excluding carboxylic acids is 1. The van der Waals surface area contributed by atoms with Crippen LogP contribution in [0.4, 0.5) is 5.69 Å². The SMILES string of the molecule is Cc1ccc(COc2cccc(C(=O)Nc3ccccc3SOON)c2)cc1.Cc1ccc(COc2cccc(C(=O)O)c2)cc1. The number of hydrogen-bond acceptors (Lipinski definition) is 8. The summed E-state index contributed by atoms with van der Waals surface area (Å²) in [4.78, 5) is 28.2. The Balaban J connectivity index is 0.000000230. The van der Waals surface area contributed by atoms with Gasteiger partial charge in [-0.25, -0.2) is 4.79 Å². The number of para-hydroxylation sites is 1. The van der Waals surface area contributed by atoms with E-state index in [1.165, 1.54) is 17.2 Å². The van der Waals surface area contributed by atoms with Crippen LogP contribution in [-0.4, -0.2) is 17.0 Å². The molecule has 0 aliphatic rings. The largest absolute Gasteiger partial charge is 0.489 e. The van der Waals surface area contributed by atoms with Crippen LogP contribution in [0.15, 0.2) is 126 Å². The van der Waals surface area contributed by atoms with Gasteiger partial charge in [-0.3, -0.25) is 4.79 Å². The molecule has 0 spiro atoms. The first kappa shape index (κ1) is 33.8. The second-order valence-electron chi connectivity index (χ2n) is 10.1. The number of aryl methyl sites for hydroxylation is 2. The normalized spacial score (nSPS) is 10.3. The Morgan fingerprint density at radius 2 is 1.22 bits per heavy atom. The maximum absolute atomic E-state index is 12.6. The number of nitrogens with two attached hydrogens (primary N) is 1. The molecule has 5 aromatic rings. The Hall–Kier alpha value is -5.13. The highest BCUT2D eigenvalue weighted by Crippen LogP contribution is 2.28. The van der Waals surface area contributed by atoms with Gasteiger partial charge in [0.2, 0.25) is 0 Å². The van der Waals surface area contributed by atoms with Gasteiger partial charge in [0.05, 0.1) is 28.2 Å². The molecule has 1 amide bonds. The van der Waals surface area contributed by atoms with E-state index in [0.717, 1.165) is 23.2 Å². The van der Waals surface area contributed by atoms with Crippen LogP contribution in [0.5, 0.6) is 11.5 Å². The minimum atomic E-state index is -0.948. The van der Waals surface area contributed by atoms with Gasteiger partial charge in [0.1, 0.15) is 24.7 Å². The van der Waals surface area contributed by atoms with Crippen molar-refractivity contribution in [2.75, 3.05) is 5.32 Å². The molecule has 0 aromatic heterocycles. The van der Waals surface area contributed by atoms with Gasteiger partial charge < -0.3 is 19.9 Å². The summed E-state index contributed by atoms with van der Waals surface area (Å²) in [6, 6.07) is 36.8. The molecule has 0 atom stereocenters. The van der Waals surface area contributed by atoms with Crippen LogP contribution in [-0.2, 0) is 22.5 Å². The maximum atomic E-state index is 12.6. The van der Waals surface area contributed by atoms with Crippen molar-refractivity contribution in [3.63, 3.8) is 0 Å². The van der Waals surface area contributed by atoms with Crippen molar-refractivity contribution in [2.45, 2.75) is 32.0 Å². The lowest BCUT2D eigenvalue weighted by atomic mass is 10.1. The molecule has 0 bridgehead atoms. The number of aromatic carboxylic acids is 1. The van der Waals surface area contributed by atoms with E-state index < -0.39 is 5.97 Å². The molecule has 0 unspecified atom stereocenters. The topological polar surface area (TPSA) is 129 Å². The third kappa shape index (κ3) is 10.8. The van der Waals surface area contributed by atoms with Crippen LogP contribution in [0.25, 0.3) is 0 Å². The molecule has 10 heteroatoms. The molecule has 0 aliphatic carbocycles. The Bertz CT molecular complexity index is 1730. The van der Waals surface area contributed by atoms with E-state index in [9.17, 15) is 9.59 Å². The van der Waals surface area contributed by atoms with E-state index in [1.54, 1.807) is 48.5 Å². The second kappa shape index (κ2) is 17.4. The average molecular weight is 639 g/mol. The monoisotopic (exact) mass is 638 g/mol. The molecule has 46 heavy (non-hydrogen) atoms. The molecular weight excluding hydrogens is 604 g/mol. The summed E-state index contributed by atoms with van der Waals surface area (Å²) in [5, 5.41) is 11.7. The van der Waals surface area contributed by atoms with Crippen molar-refractivity contribution < 1.29 is 33.5 Å². The van der Waals surface area contributed by atoms with Crippen LogP contribution >= 0.6 is 12.0 Å². The molecule has 0 fully saturated rings. The number of benzene rings is 5. The molecule has 5 aromatic carbocycles. The summed E-state index contributed by atoms with van der Waals surface area (Å²) in [6.45, 7) is 4.93. The van der Waals surface area contributed by atoms with Crippen molar-refractivity contribution in [1.29, 1.82) is 0 Å². The van der Waals surface area contributed by atoms with Crippen molar-refractivity contribution in [3.05, 3.63) is 155 Å². The van der Waals surface area contributed by atoms with Crippen LogP contribution in [0, 0.1) is 13.8 Å². The first-order chi connectivity index (χ1) is 22.3. The van der Waals surface area contributed by atoms with Crippen molar-refractivity contribution in [1.82, 2.24) is 0 Å². The third-order valence-electron chi connectivity index (χ3n) is 6.53. The second-order valence-corrected chi connectivity index (χ2v) is 10.8. The van der Waals surface area contributed by atoms with Gasteiger partial charge in [0.25, 0.3) is 5.91 Å². The van der Waals surface area contributed by atoms with Crippen molar-refractivity contribution >= 4 is 29.6 Å². The Kier molecular flexibility index (Phi) is 12.8. The van der Waals surface area contributed by atoms with Crippen LogP contribution in [0.3, 0.4) is 0 Å². The zero-order chi connectivity index (χ0) is 32.7. The zero-order valence-electron chi connectivity index (χ0n) is 25.3. The Labute approximate surface area is 272 Å². The predicted octanol–water partition coefficient (Wildman–Crippen LogP) is 7.93. The molecule has 0 radical (unpaired) electrons. The highest BCUT2D eigenvalue weighted by Gasteiger charge is 2.11. The summed E-state index contributed by atoms with van der Waals surface area (Å²) in [5.41, 5.74) is 5.82. The van der Waals surface area contributed by atoms with Gasteiger partial charge in [-0.1, -0.05) is 83.9 Å². The fourth-order valence-electron chi connectivity index (χ4n) is 4.04. The minimum Gasteiger partial charge on any atom is -0.489 e. The van der Waals surface area contributed by atoms with Gasteiger partial charge in [-0.2, -0.15) is 5.90 Å². The number of rotatable bonds is 12. The van der Waals surface area contributed by atoms with Crippen molar-refractivity contribution in [2.24, 2.45) is 5.90 Å². The van der Waals surface area contributed by atoms with E-state index in [4.69, 9.17) is 20.5 Å². The fraction of sp³-hybridized carbons (Fsp3) is 0.111. The lowest BCUT2D eigenvalue weighted by Crippen LogP contribution is -2.12. The van der Waals surface area contributed by atoms with Gasteiger partial charge in [0.15, 0.2) is 0 Å². The quantitative estimate of drug-likeness (QED) is 0.0709. The maximum Gasteiger partial charge on any atom is 0.335 e. The summed E-state index contributed by atoms with van der Waals surface area (Å²) in [5.74, 6) is 4.85. The number of anilines is 1. The number of amides is 1. The number of carbonyl (C=O) groups is 2. The lowest BCUT2D eigenvalue weighted by Gasteiger charge is -2.11. The van der Waals surface area contributed by atoms with E-state index in [1.807, 2.05) is 80.6 Å². The van der Waals surface area contributed by atoms with E-state index in [-0.39, 0.29) is 11.5 Å². The van der Waals surface area contributed by atoms with Gasteiger partial charge in [-0.15, -0.1) is 9.32 Å². The highest BCUT2D eigenvalue weighted by molar-refractivity contribution is 7.94. The molecule has 236 valence electrons. The Morgan fingerprint density at radius 3 is 1.76 bits per heavy atom. The molecule has 0 saturated carbocycles. The van der Waals surface area contributed by atoms with E-state index in [0.29, 0.717) is 40.9 Å². The first-order valence-electron chi connectivity index (χ1n) is 14.2. The number of hydrogen-bond donors (Lipinski definition) is 3. The number of nitrogens with one attached hydrogen (secondary N) is 1.